The minimum atomic E-state index is -3.60. The molecule has 0 fully saturated rings. The van der Waals surface area contributed by atoms with Crippen molar-refractivity contribution >= 4 is 54.6 Å². The summed E-state index contributed by atoms with van der Waals surface area (Å²) in [6.07, 6.45) is 0. The van der Waals surface area contributed by atoms with Gasteiger partial charge in [-0.15, -0.1) is 11.3 Å². The lowest BCUT2D eigenvalue weighted by Crippen LogP contribution is -2.17. The fourth-order valence-electron chi connectivity index (χ4n) is 1.71. The van der Waals surface area contributed by atoms with E-state index in [9.17, 15) is 8.42 Å². The number of halogens is 2. The van der Waals surface area contributed by atoms with E-state index in [1.807, 2.05) is 6.92 Å². The lowest BCUT2D eigenvalue weighted by atomic mass is 10.3. The molecule has 2 rings (SSSR count). The van der Waals surface area contributed by atoms with Crippen molar-refractivity contribution in [2.45, 2.75) is 18.4 Å². The lowest BCUT2D eigenvalue weighted by molar-refractivity contribution is 0.599. The van der Waals surface area contributed by atoms with Crippen molar-refractivity contribution in [3.63, 3.8) is 0 Å². The van der Waals surface area contributed by atoms with Crippen LogP contribution in [-0.2, 0) is 16.6 Å². The minimum absolute atomic E-state index is 0.305. The molecular weight excluding hydrogens is 396 g/mol. The molecule has 0 amide bonds. The van der Waals surface area contributed by atoms with Crippen LogP contribution in [0.25, 0.3) is 0 Å². The summed E-state index contributed by atoms with van der Waals surface area (Å²) < 4.78 is 28.1. The third kappa shape index (κ3) is 4.20. The zero-order chi connectivity index (χ0) is 15.5. The maximum absolute atomic E-state index is 12.5. The second-order valence-electron chi connectivity index (χ2n) is 4.22. The van der Waals surface area contributed by atoms with Crippen LogP contribution in [0.15, 0.2) is 39.0 Å². The third-order valence-corrected chi connectivity index (χ3v) is 6.43. The first-order valence-corrected chi connectivity index (χ1v) is 9.72. The molecule has 2 N–H and O–H groups in total. The zero-order valence-corrected chi connectivity index (χ0v) is 15.2. The first-order chi connectivity index (χ1) is 9.94. The van der Waals surface area contributed by atoms with E-state index in [1.165, 1.54) is 11.3 Å². The Labute approximate surface area is 141 Å². The van der Waals surface area contributed by atoms with Gasteiger partial charge in [-0.05, 0) is 52.1 Å². The largest absolute Gasteiger partial charge is 0.312 e. The summed E-state index contributed by atoms with van der Waals surface area (Å²) in [7, 11) is -3.60. The minimum Gasteiger partial charge on any atom is -0.312 e. The number of sulfonamides is 1. The summed E-state index contributed by atoms with van der Waals surface area (Å²) in [6.45, 7) is 3.30. The second-order valence-corrected chi connectivity index (χ2v) is 8.14. The van der Waals surface area contributed by atoms with Gasteiger partial charge >= 0.3 is 0 Å². The Morgan fingerprint density at radius 1 is 1.33 bits per heavy atom. The first kappa shape index (κ1) is 16.8. The molecule has 114 valence electrons. The molecule has 0 aliphatic carbocycles. The Morgan fingerprint density at radius 3 is 2.76 bits per heavy atom. The molecular formula is C13H14BrClN2O2S2. The highest BCUT2D eigenvalue weighted by atomic mass is 79.9. The van der Waals surface area contributed by atoms with Gasteiger partial charge in [0.05, 0.1) is 10.7 Å². The van der Waals surface area contributed by atoms with Crippen LogP contribution >= 0.6 is 38.9 Å². The summed E-state index contributed by atoms with van der Waals surface area (Å²) in [4.78, 5) is 1.09. The van der Waals surface area contributed by atoms with Gasteiger partial charge in [0.25, 0.3) is 10.0 Å². The number of benzene rings is 1. The van der Waals surface area contributed by atoms with E-state index in [2.05, 4.69) is 26.0 Å². The molecule has 0 atom stereocenters. The van der Waals surface area contributed by atoms with Crippen LogP contribution in [0.1, 0.15) is 11.8 Å². The molecule has 21 heavy (non-hydrogen) atoms. The van der Waals surface area contributed by atoms with Gasteiger partial charge in [0, 0.05) is 15.9 Å². The number of hydrogen-bond donors (Lipinski definition) is 2. The molecule has 0 unspecified atom stereocenters. The van der Waals surface area contributed by atoms with E-state index in [0.717, 1.165) is 11.4 Å². The van der Waals surface area contributed by atoms with E-state index < -0.39 is 10.0 Å². The zero-order valence-electron chi connectivity index (χ0n) is 11.2. The monoisotopic (exact) mass is 408 g/mol. The van der Waals surface area contributed by atoms with Crippen molar-refractivity contribution in [3.8, 4) is 0 Å². The van der Waals surface area contributed by atoms with E-state index >= 15 is 0 Å². The average Bonchev–Trinajstić information content (AvgIpc) is 2.89. The Hall–Kier alpha value is -0.600. The summed E-state index contributed by atoms with van der Waals surface area (Å²) in [5.41, 5.74) is 0.465. The van der Waals surface area contributed by atoms with Crippen LogP contribution < -0.4 is 10.0 Å². The molecule has 0 saturated heterocycles. The Morgan fingerprint density at radius 2 is 2.10 bits per heavy atom. The summed E-state index contributed by atoms with van der Waals surface area (Å²) in [5.74, 6) is 0. The molecule has 2 aromatic rings. The number of thiophene rings is 1. The van der Waals surface area contributed by atoms with Gasteiger partial charge in [-0.2, -0.15) is 0 Å². The Bertz CT molecular complexity index is 732. The Kier molecular flexibility index (Phi) is 5.67. The number of hydrogen-bond acceptors (Lipinski definition) is 4. The number of nitrogens with one attached hydrogen (secondary N) is 2. The molecule has 0 aliphatic heterocycles. The fraction of sp³-hybridized carbons (Fsp3) is 0.231. The van der Waals surface area contributed by atoms with Gasteiger partial charge < -0.3 is 5.32 Å². The highest BCUT2D eigenvalue weighted by Crippen LogP contribution is 2.28. The van der Waals surface area contributed by atoms with Gasteiger partial charge in [0.1, 0.15) is 4.90 Å². The van der Waals surface area contributed by atoms with Crippen molar-refractivity contribution in [3.05, 3.63) is 44.0 Å². The summed E-state index contributed by atoms with van der Waals surface area (Å²) in [6, 6.07) is 6.51. The molecule has 8 heteroatoms. The van der Waals surface area contributed by atoms with Crippen LogP contribution in [0.2, 0.25) is 5.02 Å². The van der Waals surface area contributed by atoms with Gasteiger partial charge in [-0.25, -0.2) is 8.42 Å². The first-order valence-electron chi connectivity index (χ1n) is 6.19. The maximum Gasteiger partial charge on any atom is 0.263 e. The predicted octanol–water partition coefficient (Wildman–Crippen LogP) is 4.07. The fourth-order valence-corrected chi connectivity index (χ4v) is 4.67. The van der Waals surface area contributed by atoms with Crippen LogP contribution in [-0.4, -0.2) is 15.0 Å². The highest BCUT2D eigenvalue weighted by Gasteiger charge is 2.19. The third-order valence-electron chi connectivity index (χ3n) is 2.70. The molecule has 0 bridgehead atoms. The number of rotatable bonds is 6. The molecule has 0 radical (unpaired) electrons. The normalized spacial score (nSPS) is 11.6. The Balaban J connectivity index is 2.26. The van der Waals surface area contributed by atoms with E-state index in [-0.39, 0.29) is 0 Å². The topological polar surface area (TPSA) is 58.2 Å². The second kappa shape index (κ2) is 7.11. The van der Waals surface area contributed by atoms with Crippen molar-refractivity contribution in [1.82, 2.24) is 5.32 Å². The number of anilines is 1. The van der Waals surface area contributed by atoms with Crippen molar-refractivity contribution < 1.29 is 8.42 Å². The smallest absolute Gasteiger partial charge is 0.263 e. The van der Waals surface area contributed by atoms with Crippen molar-refractivity contribution in [2.75, 3.05) is 11.3 Å². The van der Waals surface area contributed by atoms with Crippen LogP contribution in [0.5, 0.6) is 0 Å². The standard InChI is InChI=1S/C13H14BrClN2O2S2/c1-2-16-8-12-13(5-6-20-12)21(18,19)17-9-3-4-11(15)10(14)7-9/h3-7,16-17H,2,8H2,1H3. The molecule has 0 aliphatic rings. The van der Waals surface area contributed by atoms with Crippen LogP contribution in [0, 0.1) is 0 Å². The van der Waals surface area contributed by atoms with Gasteiger partial charge in [0.15, 0.2) is 0 Å². The molecule has 4 nitrogen and oxygen atoms in total. The molecule has 0 spiro atoms. The molecule has 0 saturated carbocycles. The van der Waals surface area contributed by atoms with Gasteiger partial charge in [0.2, 0.25) is 0 Å². The van der Waals surface area contributed by atoms with E-state index in [1.54, 1.807) is 29.6 Å². The molecule has 1 aromatic heterocycles. The SMILES string of the molecule is CCNCc1sccc1S(=O)(=O)Nc1ccc(Cl)c(Br)c1. The van der Waals surface area contributed by atoms with E-state index in [0.29, 0.717) is 26.6 Å². The summed E-state index contributed by atoms with van der Waals surface area (Å²) >= 11 is 10.6. The maximum atomic E-state index is 12.5. The van der Waals surface area contributed by atoms with Crippen molar-refractivity contribution in [1.29, 1.82) is 0 Å². The van der Waals surface area contributed by atoms with Crippen LogP contribution in [0.4, 0.5) is 5.69 Å². The summed E-state index contributed by atoms with van der Waals surface area (Å²) in [5, 5.41) is 5.44. The molecule has 1 aromatic carbocycles. The van der Waals surface area contributed by atoms with Crippen LogP contribution in [0.3, 0.4) is 0 Å². The van der Waals surface area contributed by atoms with Gasteiger partial charge in [-0.3, -0.25) is 4.72 Å². The van der Waals surface area contributed by atoms with Crippen molar-refractivity contribution in [2.24, 2.45) is 0 Å². The highest BCUT2D eigenvalue weighted by molar-refractivity contribution is 9.10. The van der Waals surface area contributed by atoms with E-state index in [4.69, 9.17) is 11.6 Å². The quantitative estimate of drug-likeness (QED) is 0.756. The lowest BCUT2D eigenvalue weighted by Gasteiger charge is -2.10. The van der Waals surface area contributed by atoms with Gasteiger partial charge in [-0.1, -0.05) is 18.5 Å². The molecule has 1 heterocycles. The predicted molar refractivity (Wildman–Crippen MR) is 91.7 cm³/mol. The average molecular weight is 410 g/mol.